The fourth-order valence-electron chi connectivity index (χ4n) is 3.33. The molecule has 1 unspecified atom stereocenters. The van der Waals surface area contributed by atoms with E-state index in [0.29, 0.717) is 11.7 Å². The predicted octanol–water partition coefficient (Wildman–Crippen LogP) is 6.56. The van der Waals surface area contributed by atoms with Crippen molar-refractivity contribution in [1.82, 2.24) is 0 Å². The fraction of sp³-hybridized carbons (Fsp3) is 0.462. The standard InChI is InChI=1S/C26H32F3NO5S2/c1-3-22(23(4-2)30-20-9-7-8-19(18-20)26(27,28)29)25(32)35-16-14-33-13-15-34-24(31)11-6-5-10-21-12-17-36-37-21/h3-4,7-9,18,21,30H,1-2,5-6,10-17H2/b23-22-. The van der Waals surface area contributed by atoms with Gasteiger partial charge in [0.05, 0.1) is 30.0 Å². The van der Waals surface area contributed by atoms with Crippen LogP contribution in [0.3, 0.4) is 0 Å². The molecule has 0 saturated carbocycles. The molecule has 1 fully saturated rings. The Morgan fingerprint density at radius 3 is 2.49 bits per heavy atom. The molecule has 0 radical (unpaired) electrons. The van der Waals surface area contributed by atoms with E-state index in [-0.39, 0.29) is 49.4 Å². The maximum atomic E-state index is 13.0. The molecule has 6 nitrogen and oxygen atoms in total. The van der Waals surface area contributed by atoms with Gasteiger partial charge in [0.25, 0.3) is 0 Å². The van der Waals surface area contributed by atoms with Crippen molar-refractivity contribution in [2.75, 3.05) is 37.5 Å². The number of benzene rings is 1. The Morgan fingerprint density at radius 1 is 1.08 bits per heavy atom. The number of allylic oxidation sites excluding steroid dienone is 1. The molecule has 0 bridgehead atoms. The Labute approximate surface area is 223 Å². The summed E-state index contributed by atoms with van der Waals surface area (Å²) in [4.78, 5) is 24.2. The smallest absolute Gasteiger partial charge is 0.416 e. The van der Waals surface area contributed by atoms with Crippen LogP contribution in [0, 0.1) is 0 Å². The third-order valence-corrected chi connectivity index (χ3v) is 8.23. The molecule has 1 atom stereocenters. The molecule has 1 aliphatic rings. The molecule has 0 aliphatic carbocycles. The lowest BCUT2D eigenvalue weighted by atomic mass is 10.1. The maximum absolute atomic E-state index is 13.0. The third-order valence-electron chi connectivity index (χ3n) is 5.22. The molecule has 1 aromatic rings. The predicted molar refractivity (Wildman–Crippen MR) is 142 cm³/mol. The zero-order chi connectivity index (χ0) is 27.1. The van der Waals surface area contributed by atoms with Gasteiger partial charge in [0.15, 0.2) is 0 Å². The molecule has 1 saturated heterocycles. The minimum atomic E-state index is -4.50. The fourth-order valence-corrected chi connectivity index (χ4v) is 6.35. The second-order valence-corrected chi connectivity index (χ2v) is 10.8. The first-order valence-electron chi connectivity index (χ1n) is 11.9. The number of rotatable bonds is 16. The third kappa shape index (κ3) is 11.7. The van der Waals surface area contributed by atoms with Crippen LogP contribution in [0.4, 0.5) is 18.9 Å². The topological polar surface area (TPSA) is 73.9 Å². The Kier molecular flexibility index (Phi) is 13.7. The number of unbranched alkanes of at least 4 members (excludes halogenated alkanes) is 1. The number of alkyl halides is 3. The summed E-state index contributed by atoms with van der Waals surface area (Å²) in [6.45, 7) is 7.45. The van der Waals surface area contributed by atoms with Gasteiger partial charge in [0.1, 0.15) is 13.2 Å². The van der Waals surface area contributed by atoms with Crippen molar-refractivity contribution in [2.45, 2.75) is 43.5 Å². The second kappa shape index (κ2) is 16.5. The lowest BCUT2D eigenvalue weighted by molar-refractivity contribution is -0.145. The van der Waals surface area contributed by atoms with Crippen molar-refractivity contribution in [3.8, 4) is 0 Å². The van der Waals surface area contributed by atoms with Crippen molar-refractivity contribution >= 4 is 39.2 Å². The van der Waals surface area contributed by atoms with Gasteiger partial charge in [-0.05, 0) is 43.5 Å². The summed E-state index contributed by atoms with van der Waals surface area (Å²) >= 11 is 0. The molecule has 1 N–H and O–H groups in total. The van der Waals surface area contributed by atoms with E-state index in [1.807, 2.05) is 21.6 Å². The molecule has 0 spiro atoms. The lowest BCUT2D eigenvalue weighted by Crippen LogP contribution is -2.17. The Morgan fingerprint density at radius 2 is 1.84 bits per heavy atom. The number of nitrogens with one attached hydrogen (secondary N) is 1. The maximum Gasteiger partial charge on any atom is 0.416 e. The van der Waals surface area contributed by atoms with Gasteiger partial charge in [0.2, 0.25) is 0 Å². The van der Waals surface area contributed by atoms with Crippen LogP contribution in [0.15, 0.2) is 60.8 Å². The number of ether oxygens (including phenoxy) is 3. The van der Waals surface area contributed by atoms with Crippen LogP contribution in [0.1, 0.15) is 37.7 Å². The van der Waals surface area contributed by atoms with Crippen LogP contribution in [-0.4, -0.2) is 49.4 Å². The van der Waals surface area contributed by atoms with E-state index in [4.69, 9.17) is 14.2 Å². The number of esters is 2. The molecule has 0 aromatic heterocycles. The molecule has 1 aromatic carbocycles. The van der Waals surface area contributed by atoms with Crippen molar-refractivity contribution in [3.63, 3.8) is 0 Å². The molecule has 1 aliphatic heterocycles. The summed E-state index contributed by atoms with van der Waals surface area (Å²) in [6.07, 6.45) is 2.60. The number of carbonyl (C=O) groups is 2. The van der Waals surface area contributed by atoms with Gasteiger partial charge in [-0.3, -0.25) is 4.79 Å². The van der Waals surface area contributed by atoms with E-state index >= 15 is 0 Å². The quantitative estimate of drug-likeness (QED) is 0.0803. The number of hydrogen-bond donors (Lipinski definition) is 1. The van der Waals surface area contributed by atoms with E-state index in [1.165, 1.54) is 36.5 Å². The molecule has 2 rings (SSSR count). The first-order valence-corrected chi connectivity index (χ1v) is 14.2. The first-order chi connectivity index (χ1) is 17.7. The highest BCUT2D eigenvalue weighted by molar-refractivity contribution is 8.77. The largest absolute Gasteiger partial charge is 0.463 e. The van der Waals surface area contributed by atoms with E-state index in [2.05, 4.69) is 18.5 Å². The lowest BCUT2D eigenvalue weighted by Gasteiger charge is -2.14. The number of anilines is 1. The zero-order valence-electron chi connectivity index (χ0n) is 20.5. The van der Waals surface area contributed by atoms with Gasteiger partial charge in [-0.1, -0.05) is 53.3 Å². The molecular weight excluding hydrogens is 527 g/mol. The average Bonchev–Trinajstić information content (AvgIpc) is 3.39. The highest BCUT2D eigenvalue weighted by Crippen LogP contribution is 2.39. The first kappa shape index (κ1) is 30.9. The highest BCUT2D eigenvalue weighted by Gasteiger charge is 2.30. The average molecular weight is 560 g/mol. The van der Waals surface area contributed by atoms with Crippen LogP contribution in [0.25, 0.3) is 0 Å². The summed E-state index contributed by atoms with van der Waals surface area (Å²) in [6, 6.07) is 4.55. The Bertz CT molecular complexity index is 946. The minimum Gasteiger partial charge on any atom is -0.463 e. The van der Waals surface area contributed by atoms with Crippen LogP contribution in [0.5, 0.6) is 0 Å². The number of carbonyl (C=O) groups excluding carboxylic acids is 2. The van der Waals surface area contributed by atoms with Crippen molar-refractivity contribution in [3.05, 3.63) is 66.4 Å². The van der Waals surface area contributed by atoms with Gasteiger partial charge in [0, 0.05) is 23.1 Å². The van der Waals surface area contributed by atoms with Crippen molar-refractivity contribution in [1.29, 1.82) is 0 Å². The van der Waals surface area contributed by atoms with Crippen LogP contribution in [0.2, 0.25) is 0 Å². The molecule has 1 heterocycles. The molecular formula is C26H32F3NO5S2. The van der Waals surface area contributed by atoms with Gasteiger partial charge >= 0.3 is 18.1 Å². The van der Waals surface area contributed by atoms with Gasteiger partial charge in [-0.25, -0.2) is 4.79 Å². The number of hydrogen-bond acceptors (Lipinski definition) is 8. The summed E-state index contributed by atoms with van der Waals surface area (Å²) in [7, 11) is 3.85. The summed E-state index contributed by atoms with van der Waals surface area (Å²) < 4.78 is 54.5. The van der Waals surface area contributed by atoms with Crippen LogP contribution in [-0.2, 0) is 30.0 Å². The monoisotopic (exact) mass is 559 g/mol. The summed E-state index contributed by atoms with van der Waals surface area (Å²) in [5.74, 6) is 0.211. The summed E-state index contributed by atoms with van der Waals surface area (Å²) in [5, 5.41) is 3.45. The molecule has 0 amide bonds. The van der Waals surface area contributed by atoms with E-state index in [0.717, 1.165) is 31.4 Å². The second-order valence-electron chi connectivity index (χ2n) is 7.98. The molecule has 204 valence electrons. The van der Waals surface area contributed by atoms with E-state index in [9.17, 15) is 22.8 Å². The zero-order valence-corrected chi connectivity index (χ0v) is 22.2. The minimum absolute atomic E-state index is 0.00613. The van der Waals surface area contributed by atoms with Crippen LogP contribution >= 0.6 is 21.6 Å². The van der Waals surface area contributed by atoms with E-state index in [1.54, 1.807) is 0 Å². The Balaban J connectivity index is 1.66. The van der Waals surface area contributed by atoms with Crippen molar-refractivity contribution in [2.24, 2.45) is 0 Å². The Hall–Kier alpha value is -2.37. The van der Waals surface area contributed by atoms with Gasteiger partial charge in [-0.2, -0.15) is 13.2 Å². The molecule has 11 heteroatoms. The highest BCUT2D eigenvalue weighted by atomic mass is 33.1. The van der Waals surface area contributed by atoms with Crippen LogP contribution < -0.4 is 5.32 Å². The van der Waals surface area contributed by atoms with Crippen molar-refractivity contribution < 1.29 is 37.0 Å². The van der Waals surface area contributed by atoms with Gasteiger partial charge < -0.3 is 19.5 Å². The summed E-state index contributed by atoms with van der Waals surface area (Å²) in [5.41, 5.74) is -0.550. The SMILES string of the molecule is C=C/C(Nc1cccc(C(F)(F)F)c1)=C(\C=C)C(=O)OCCOCCOC(=O)CCCCC1CCSS1. The van der Waals surface area contributed by atoms with E-state index < -0.39 is 17.7 Å². The number of halogens is 3. The molecule has 37 heavy (non-hydrogen) atoms. The normalized spacial score (nSPS) is 16.0. The van der Waals surface area contributed by atoms with Gasteiger partial charge in [-0.15, -0.1) is 0 Å².